The minimum absolute atomic E-state index is 0.202. The number of likely N-dealkylation sites (tertiary alicyclic amines) is 1. The molecule has 1 aromatic rings. The first kappa shape index (κ1) is 23.2. The summed E-state index contributed by atoms with van der Waals surface area (Å²) in [6.07, 6.45) is 6.00. The molecule has 0 saturated carbocycles. The number of aromatic nitrogens is 1. The van der Waals surface area contributed by atoms with Gasteiger partial charge in [0.05, 0.1) is 0 Å². The molecule has 0 radical (unpaired) electrons. The van der Waals surface area contributed by atoms with E-state index in [9.17, 15) is 24.0 Å². The standard InChI is InChI=1S/C21H28N6O5/c22-18(29)13-4-1-9-26(12-13)10-2-5-15(25-20(31)14-7-8-17(28)24-14)21(32)27-11-3-6-16(27)19(23)30/h1,4,9,12,14-16H,2-3,5-8,10-11H2,(H5-,22,23,24,25,28,29,30,31)/p+1/t14-,15?,16-/m0/s1. The summed E-state index contributed by atoms with van der Waals surface area (Å²) in [5, 5.41) is 5.35. The van der Waals surface area contributed by atoms with Gasteiger partial charge in [0.25, 0.3) is 5.91 Å². The highest BCUT2D eigenvalue weighted by Crippen LogP contribution is 2.19. The molecule has 11 heteroatoms. The molecule has 0 bridgehead atoms. The van der Waals surface area contributed by atoms with Crippen LogP contribution in [0.1, 0.15) is 48.9 Å². The van der Waals surface area contributed by atoms with E-state index in [1.54, 1.807) is 29.1 Å². The third-order valence-electron chi connectivity index (χ3n) is 5.84. The van der Waals surface area contributed by atoms with E-state index in [2.05, 4.69) is 10.6 Å². The molecule has 2 aliphatic rings. The highest BCUT2D eigenvalue weighted by Gasteiger charge is 2.38. The van der Waals surface area contributed by atoms with Crippen molar-refractivity contribution < 1.29 is 28.5 Å². The number of amides is 5. The van der Waals surface area contributed by atoms with Crippen molar-refractivity contribution >= 4 is 29.5 Å². The monoisotopic (exact) mass is 445 g/mol. The fourth-order valence-electron chi connectivity index (χ4n) is 4.15. The summed E-state index contributed by atoms with van der Waals surface area (Å²) in [6.45, 7) is 0.883. The molecule has 5 amide bonds. The van der Waals surface area contributed by atoms with Gasteiger partial charge in [-0.25, -0.2) is 4.57 Å². The molecule has 6 N–H and O–H groups in total. The summed E-state index contributed by atoms with van der Waals surface area (Å²) in [6, 6.07) is 1.09. The minimum atomic E-state index is -0.861. The molecule has 32 heavy (non-hydrogen) atoms. The van der Waals surface area contributed by atoms with Crippen molar-refractivity contribution in [3.63, 3.8) is 0 Å². The molecule has 3 atom stereocenters. The number of nitrogens with zero attached hydrogens (tertiary/aromatic N) is 2. The van der Waals surface area contributed by atoms with Crippen LogP contribution in [-0.4, -0.2) is 59.1 Å². The molecule has 1 unspecified atom stereocenters. The molecule has 0 aliphatic carbocycles. The molecule has 0 spiro atoms. The lowest BCUT2D eigenvalue weighted by atomic mass is 10.1. The first-order valence-electron chi connectivity index (χ1n) is 10.7. The molecule has 3 heterocycles. The van der Waals surface area contributed by atoms with E-state index in [0.29, 0.717) is 50.8 Å². The van der Waals surface area contributed by atoms with Gasteiger partial charge in [-0.15, -0.1) is 0 Å². The van der Waals surface area contributed by atoms with Crippen molar-refractivity contribution in [3.8, 4) is 0 Å². The van der Waals surface area contributed by atoms with Gasteiger partial charge in [-0.2, -0.15) is 0 Å². The first-order chi connectivity index (χ1) is 15.3. The van der Waals surface area contributed by atoms with Crippen LogP contribution < -0.4 is 26.7 Å². The van der Waals surface area contributed by atoms with Gasteiger partial charge in [-0.05, 0) is 31.7 Å². The second-order valence-electron chi connectivity index (χ2n) is 8.15. The molecule has 2 aliphatic heterocycles. The minimum Gasteiger partial charge on any atom is -0.368 e. The highest BCUT2D eigenvalue weighted by molar-refractivity contribution is 5.95. The third-order valence-corrected chi connectivity index (χ3v) is 5.84. The lowest BCUT2D eigenvalue weighted by Gasteiger charge is -2.28. The second kappa shape index (κ2) is 10.2. The molecule has 2 fully saturated rings. The van der Waals surface area contributed by atoms with E-state index in [-0.39, 0.29) is 18.2 Å². The zero-order valence-electron chi connectivity index (χ0n) is 17.8. The topological polar surface area (TPSA) is 169 Å². The molecule has 3 rings (SSSR count). The Morgan fingerprint density at radius 2 is 2.03 bits per heavy atom. The molecule has 1 aromatic heterocycles. The SMILES string of the molecule is NC(=O)c1ccc[n+](CCCC(NC(=O)[C@@H]2CCC(=O)N2)C(=O)N2CCC[C@H]2C(N)=O)c1. The van der Waals surface area contributed by atoms with Crippen molar-refractivity contribution in [1.29, 1.82) is 0 Å². The summed E-state index contributed by atoms with van der Waals surface area (Å²) in [7, 11) is 0. The van der Waals surface area contributed by atoms with Gasteiger partial charge in [-0.1, -0.05) is 0 Å². The number of nitrogens with one attached hydrogen (secondary N) is 2. The maximum Gasteiger partial charge on any atom is 0.254 e. The molecule has 172 valence electrons. The van der Waals surface area contributed by atoms with E-state index < -0.39 is 35.8 Å². The maximum atomic E-state index is 13.2. The van der Waals surface area contributed by atoms with Crippen LogP contribution in [-0.2, 0) is 25.7 Å². The van der Waals surface area contributed by atoms with E-state index in [1.165, 1.54) is 4.90 Å². The van der Waals surface area contributed by atoms with Crippen molar-refractivity contribution in [2.24, 2.45) is 11.5 Å². The Morgan fingerprint density at radius 1 is 1.25 bits per heavy atom. The summed E-state index contributed by atoms with van der Waals surface area (Å²) < 4.78 is 1.78. The highest BCUT2D eigenvalue weighted by atomic mass is 16.2. The normalized spacial score (nSPS) is 21.1. The number of hydrogen-bond donors (Lipinski definition) is 4. The van der Waals surface area contributed by atoms with Crippen molar-refractivity contribution in [3.05, 3.63) is 30.1 Å². The van der Waals surface area contributed by atoms with Crippen molar-refractivity contribution in [2.75, 3.05) is 6.54 Å². The third kappa shape index (κ3) is 5.59. The Labute approximate surface area is 185 Å². The molecule has 11 nitrogen and oxygen atoms in total. The fourth-order valence-corrected chi connectivity index (χ4v) is 4.15. The molecule has 2 saturated heterocycles. The Morgan fingerprint density at radius 3 is 2.69 bits per heavy atom. The van der Waals surface area contributed by atoms with Gasteiger partial charge in [0.2, 0.25) is 23.6 Å². The summed E-state index contributed by atoms with van der Waals surface area (Å²) in [4.78, 5) is 61.9. The number of nitrogens with two attached hydrogens (primary N) is 2. The largest absolute Gasteiger partial charge is 0.368 e. The number of rotatable bonds is 9. The first-order valence-corrected chi connectivity index (χ1v) is 10.7. The number of carbonyl (C=O) groups is 5. The quantitative estimate of drug-likeness (QED) is 0.325. The molecular formula is C21H29N6O5+. The van der Waals surface area contributed by atoms with Crippen LogP contribution in [0, 0.1) is 0 Å². The summed E-state index contributed by atoms with van der Waals surface area (Å²) in [5.41, 5.74) is 11.1. The van der Waals surface area contributed by atoms with Gasteiger partial charge in [0.1, 0.15) is 30.2 Å². The lowest BCUT2D eigenvalue weighted by Crippen LogP contribution is -2.55. The van der Waals surface area contributed by atoms with Crippen LogP contribution >= 0.6 is 0 Å². The average molecular weight is 446 g/mol. The Hall–Kier alpha value is -3.50. The van der Waals surface area contributed by atoms with Gasteiger partial charge >= 0.3 is 0 Å². The van der Waals surface area contributed by atoms with E-state index in [0.717, 1.165) is 0 Å². The van der Waals surface area contributed by atoms with Crippen LogP contribution in [0.5, 0.6) is 0 Å². The van der Waals surface area contributed by atoms with Crippen LogP contribution in [0.4, 0.5) is 0 Å². The van der Waals surface area contributed by atoms with E-state index in [1.807, 2.05) is 0 Å². The van der Waals surface area contributed by atoms with Gasteiger partial charge < -0.3 is 27.0 Å². The molecule has 0 aromatic carbocycles. The van der Waals surface area contributed by atoms with Crippen molar-refractivity contribution in [1.82, 2.24) is 15.5 Å². The van der Waals surface area contributed by atoms with E-state index in [4.69, 9.17) is 11.5 Å². The predicted octanol–water partition coefficient (Wildman–Crippen LogP) is -1.91. The van der Waals surface area contributed by atoms with Gasteiger partial charge in [-0.3, -0.25) is 24.0 Å². The Bertz CT molecular complexity index is 920. The lowest BCUT2D eigenvalue weighted by molar-refractivity contribution is -0.697. The van der Waals surface area contributed by atoms with Crippen LogP contribution in [0.25, 0.3) is 0 Å². The summed E-state index contributed by atoms with van der Waals surface area (Å²) in [5.74, 6) is -2.09. The maximum absolute atomic E-state index is 13.2. The van der Waals surface area contributed by atoms with E-state index >= 15 is 0 Å². The number of carbonyl (C=O) groups excluding carboxylic acids is 5. The van der Waals surface area contributed by atoms with Gasteiger partial charge in [0, 0.05) is 25.5 Å². The van der Waals surface area contributed by atoms with Crippen LogP contribution in [0.15, 0.2) is 24.5 Å². The number of hydrogen-bond acceptors (Lipinski definition) is 5. The molecular weight excluding hydrogens is 416 g/mol. The Kier molecular flexibility index (Phi) is 7.39. The van der Waals surface area contributed by atoms with Crippen molar-refractivity contribution in [2.45, 2.75) is 63.2 Å². The number of aryl methyl sites for hydroxylation is 1. The second-order valence-corrected chi connectivity index (χ2v) is 8.15. The number of pyridine rings is 1. The predicted molar refractivity (Wildman–Crippen MR) is 111 cm³/mol. The average Bonchev–Trinajstić information content (AvgIpc) is 3.42. The summed E-state index contributed by atoms with van der Waals surface area (Å²) >= 11 is 0. The van der Waals surface area contributed by atoms with Gasteiger partial charge in [0.15, 0.2) is 12.4 Å². The smallest absolute Gasteiger partial charge is 0.254 e. The zero-order chi connectivity index (χ0) is 23.3. The fraction of sp³-hybridized carbons (Fsp3) is 0.524. The Balaban J connectivity index is 1.68. The van der Waals surface area contributed by atoms with Crippen LogP contribution in [0.3, 0.4) is 0 Å². The number of primary amides is 2. The zero-order valence-corrected chi connectivity index (χ0v) is 17.8. The van der Waals surface area contributed by atoms with Crippen LogP contribution in [0.2, 0.25) is 0 Å².